The van der Waals surface area contributed by atoms with Crippen LogP contribution in [0.25, 0.3) is 22.3 Å². The number of morpholine rings is 1. The van der Waals surface area contributed by atoms with E-state index < -0.39 is 11.9 Å². The SMILES string of the molecule is CNC(=O)Oc1cccc(Nc2ncc(Cl)c(-c3cc(F)c4nc(N5CC6CC(C5)O6)n(C(C)C)c4c3)n2)c1O. The van der Waals surface area contributed by atoms with Gasteiger partial charge >= 0.3 is 6.09 Å². The third-order valence-electron chi connectivity index (χ3n) is 6.96. The molecule has 4 aromatic rings. The lowest BCUT2D eigenvalue weighted by molar-refractivity contribution is -0.133. The predicted octanol–water partition coefficient (Wildman–Crippen LogP) is 5.01. The summed E-state index contributed by atoms with van der Waals surface area (Å²) in [5.41, 5.74) is 1.83. The maximum Gasteiger partial charge on any atom is 0.412 e. The fraction of sp³-hybridized carbons (Fsp3) is 0.333. The normalized spacial score (nSPS) is 18.1. The van der Waals surface area contributed by atoms with Crippen LogP contribution in [0.3, 0.4) is 0 Å². The number of hydrogen-bond donors (Lipinski definition) is 3. The number of ether oxygens (including phenoxy) is 2. The van der Waals surface area contributed by atoms with Crippen LogP contribution in [0.1, 0.15) is 26.3 Å². The van der Waals surface area contributed by atoms with Crippen LogP contribution in [0.2, 0.25) is 5.02 Å². The molecule has 3 fully saturated rings. The van der Waals surface area contributed by atoms with E-state index in [1.165, 1.54) is 25.4 Å². The largest absolute Gasteiger partial charge is 0.503 e. The van der Waals surface area contributed by atoms with Gasteiger partial charge in [0.25, 0.3) is 0 Å². The van der Waals surface area contributed by atoms with Crippen LogP contribution in [0, 0.1) is 5.82 Å². The third kappa shape index (κ3) is 4.62. The van der Waals surface area contributed by atoms with Gasteiger partial charge in [-0.1, -0.05) is 17.7 Å². The fourth-order valence-corrected chi connectivity index (χ4v) is 5.34. The summed E-state index contributed by atoms with van der Waals surface area (Å²) in [4.78, 5) is 27.2. The van der Waals surface area contributed by atoms with Crippen molar-refractivity contribution in [2.75, 3.05) is 30.4 Å². The molecule has 208 valence electrons. The Balaban J connectivity index is 1.37. The number of carbonyl (C=O) groups is 1. The van der Waals surface area contributed by atoms with Crippen LogP contribution in [0.15, 0.2) is 36.5 Å². The van der Waals surface area contributed by atoms with Crippen molar-refractivity contribution in [1.29, 1.82) is 0 Å². The molecule has 7 rings (SSSR count). The average Bonchev–Trinajstić information content (AvgIpc) is 3.32. The van der Waals surface area contributed by atoms with Crippen LogP contribution in [-0.4, -0.2) is 63.1 Å². The molecule has 2 unspecified atom stereocenters. The Morgan fingerprint density at radius 1 is 1.25 bits per heavy atom. The number of halogens is 2. The number of hydrogen-bond acceptors (Lipinski definition) is 9. The van der Waals surface area contributed by atoms with E-state index in [0.29, 0.717) is 22.7 Å². The van der Waals surface area contributed by atoms with E-state index in [0.717, 1.165) is 19.5 Å². The van der Waals surface area contributed by atoms with Gasteiger partial charge < -0.3 is 34.7 Å². The molecule has 0 radical (unpaired) electrons. The number of aromatic hydroxyl groups is 1. The number of imidazole rings is 1. The smallest absolute Gasteiger partial charge is 0.412 e. The average molecular weight is 568 g/mol. The quantitative estimate of drug-likeness (QED) is 0.275. The second-order valence-corrected chi connectivity index (χ2v) is 10.4. The summed E-state index contributed by atoms with van der Waals surface area (Å²) in [6, 6.07) is 7.78. The van der Waals surface area contributed by atoms with Crippen molar-refractivity contribution in [2.24, 2.45) is 0 Å². The number of benzene rings is 2. The van der Waals surface area contributed by atoms with Crippen molar-refractivity contribution in [3.05, 3.63) is 47.4 Å². The zero-order valence-electron chi connectivity index (χ0n) is 22.0. The predicted molar refractivity (Wildman–Crippen MR) is 148 cm³/mol. The van der Waals surface area contributed by atoms with Crippen molar-refractivity contribution in [3.8, 4) is 22.8 Å². The third-order valence-corrected chi connectivity index (χ3v) is 7.23. The van der Waals surface area contributed by atoms with Crippen LogP contribution >= 0.6 is 11.6 Å². The second-order valence-electron chi connectivity index (χ2n) is 10.0. The summed E-state index contributed by atoms with van der Waals surface area (Å²) < 4.78 is 28.4. The number of phenolic OH excluding ortho intramolecular Hbond substituents is 1. The molecular formula is C27H27ClFN7O4. The molecule has 2 aromatic heterocycles. The van der Waals surface area contributed by atoms with E-state index in [2.05, 4.69) is 25.5 Å². The standard InChI is InChI=1S/C27H27ClFN7O4/c1-13(2)36-20-8-14(7-18(29)23(20)34-26(36)35-11-15-9-16(12-35)39-15)22-17(28)10-31-25(33-22)32-19-5-4-6-21(24(19)37)40-27(38)30-3/h4-8,10,13,15-16,37H,9,11-12H2,1-3H3,(H,30,38)(H,31,32,33). The first-order valence-corrected chi connectivity index (χ1v) is 13.2. The van der Waals surface area contributed by atoms with E-state index >= 15 is 4.39 Å². The van der Waals surface area contributed by atoms with Crippen LogP contribution in [0.5, 0.6) is 11.5 Å². The Morgan fingerprint density at radius 2 is 2.00 bits per heavy atom. The van der Waals surface area contributed by atoms with Gasteiger partial charge in [0.15, 0.2) is 17.3 Å². The molecule has 0 aliphatic carbocycles. The van der Waals surface area contributed by atoms with Gasteiger partial charge in [-0.25, -0.2) is 24.1 Å². The molecule has 1 amide bonds. The Hall–Kier alpha value is -4.16. The molecule has 40 heavy (non-hydrogen) atoms. The van der Waals surface area contributed by atoms with E-state index in [1.54, 1.807) is 12.1 Å². The molecule has 11 nitrogen and oxygen atoms in total. The molecule has 13 heteroatoms. The van der Waals surface area contributed by atoms with Crippen molar-refractivity contribution in [1.82, 2.24) is 24.8 Å². The molecule has 2 bridgehead atoms. The Labute approximate surface area is 233 Å². The van der Waals surface area contributed by atoms with Crippen molar-refractivity contribution in [2.45, 2.75) is 38.5 Å². The van der Waals surface area contributed by atoms with Gasteiger partial charge in [-0.2, -0.15) is 0 Å². The summed E-state index contributed by atoms with van der Waals surface area (Å²) >= 11 is 6.48. The summed E-state index contributed by atoms with van der Waals surface area (Å²) in [7, 11) is 1.41. The zero-order valence-corrected chi connectivity index (χ0v) is 22.7. The molecule has 5 heterocycles. The van der Waals surface area contributed by atoms with Gasteiger partial charge in [0.1, 0.15) is 5.52 Å². The highest BCUT2D eigenvalue weighted by Crippen LogP contribution is 2.38. The van der Waals surface area contributed by atoms with E-state index in [1.807, 2.05) is 24.5 Å². The highest BCUT2D eigenvalue weighted by atomic mass is 35.5. The van der Waals surface area contributed by atoms with E-state index in [-0.39, 0.29) is 51.9 Å². The maximum atomic E-state index is 15.6. The second kappa shape index (κ2) is 10.1. The maximum absolute atomic E-state index is 15.6. The van der Waals surface area contributed by atoms with Gasteiger partial charge in [0.05, 0.1) is 40.3 Å². The van der Waals surface area contributed by atoms with Crippen molar-refractivity contribution in [3.63, 3.8) is 0 Å². The minimum Gasteiger partial charge on any atom is -0.503 e. The lowest BCUT2D eigenvalue weighted by Crippen LogP contribution is -2.58. The number of nitrogens with zero attached hydrogens (tertiary/aromatic N) is 5. The number of para-hydroxylation sites is 1. The summed E-state index contributed by atoms with van der Waals surface area (Å²) in [6.45, 7) is 5.50. The van der Waals surface area contributed by atoms with Crippen molar-refractivity contribution < 1.29 is 23.8 Å². The number of piperidine rings is 1. The molecule has 0 saturated carbocycles. The first-order valence-electron chi connectivity index (χ1n) is 12.8. The number of anilines is 3. The molecule has 3 aliphatic rings. The highest BCUT2D eigenvalue weighted by molar-refractivity contribution is 6.33. The van der Waals surface area contributed by atoms with E-state index in [4.69, 9.17) is 26.1 Å². The number of carbonyl (C=O) groups excluding carboxylic acids is 1. The van der Waals surface area contributed by atoms with Gasteiger partial charge in [-0.15, -0.1) is 0 Å². The molecule has 2 aromatic carbocycles. The Morgan fingerprint density at radius 3 is 2.70 bits per heavy atom. The fourth-order valence-electron chi connectivity index (χ4n) is 5.13. The van der Waals surface area contributed by atoms with Crippen LogP contribution < -0.4 is 20.3 Å². The first-order chi connectivity index (χ1) is 19.2. The molecule has 3 aliphatic heterocycles. The molecule has 3 saturated heterocycles. The number of rotatable bonds is 6. The summed E-state index contributed by atoms with van der Waals surface area (Å²) in [5, 5.41) is 16.0. The number of amides is 1. The van der Waals surface area contributed by atoms with Crippen LogP contribution in [0.4, 0.5) is 26.8 Å². The summed E-state index contributed by atoms with van der Waals surface area (Å²) in [6.07, 6.45) is 2.06. The lowest BCUT2D eigenvalue weighted by Gasteiger charge is -2.47. The Kier molecular flexibility index (Phi) is 6.59. The molecule has 2 atom stereocenters. The van der Waals surface area contributed by atoms with Gasteiger partial charge in [0, 0.05) is 38.2 Å². The van der Waals surface area contributed by atoms with Gasteiger partial charge in [-0.05, 0) is 38.1 Å². The first kappa shape index (κ1) is 26.1. The molecular weight excluding hydrogens is 541 g/mol. The molecule has 3 N–H and O–H groups in total. The van der Waals surface area contributed by atoms with Crippen molar-refractivity contribution >= 4 is 46.3 Å². The van der Waals surface area contributed by atoms with E-state index in [9.17, 15) is 9.90 Å². The Bertz CT molecular complexity index is 1610. The number of fused-ring (bicyclic) bond motifs is 3. The minimum absolute atomic E-state index is 0.0131. The summed E-state index contributed by atoms with van der Waals surface area (Å²) in [5.74, 6) is -0.0518. The van der Waals surface area contributed by atoms with Gasteiger partial charge in [0.2, 0.25) is 11.9 Å². The number of aromatic nitrogens is 4. The highest BCUT2D eigenvalue weighted by Gasteiger charge is 2.40. The number of nitrogens with one attached hydrogen (secondary N) is 2. The van der Waals surface area contributed by atoms with Gasteiger partial charge in [-0.3, -0.25) is 0 Å². The minimum atomic E-state index is -0.732. The number of phenols is 1. The topological polar surface area (TPSA) is 127 Å². The van der Waals surface area contributed by atoms with Crippen LogP contribution in [-0.2, 0) is 4.74 Å². The zero-order chi connectivity index (χ0) is 28.1. The monoisotopic (exact) mass is 567 g/mol. The lowest BCUT2D eigenvalue weighted by atomic mass is 9.99. The molecule has 0 spiro atoms.